The molecule has 0 fully saturated rings. The quantitative estimate of drug-likeness (QED) is 0.491. The first-order valence-electron chi connectivity index (χ1n) is 10.1. The number of methoxy groups -OCH3 is 1. The Morgan fingerprint density at radius 2 is 1.63 bits per heavy atom. The van der Waals surface area contributed by atoms with Crippen LogP contribution in [0.15, 0.2) is 60.7 Å². The number of benzene rings is 3. The predicted molar refractivity (Wildman–Crippen MR) is 115 cm³/mol. The molecule has 1 aliphatic heterocycles. The summed E-state index contributed by atoms with van der Waals surface area (Å²) in [6.45, 7) is 5.41. The lowest BCUT2D eigenvalue weighted by atomic mass is 9.91. The van der Waals surface area contributed by atoms with E-state index in [4.69, 9.17) is 23.7 Å². The summed E-state index contributed by atoms with van der Waals surface area (Å²) in [6, 6.07) is 20.0. The normalized spacial score (nSPS) is 13.0. The van der Waals surface area contributed by atoms with Gasteiger partial charge in [0.05, 0.1) is 13.7 Å². The molecule has 30 heavy (non-hydrogen) atoms. The first-order chi connectivity index (χ1) is 14.7. The van der Waals surface area contributed by atoms with Crippen LogP contribution < -0.4 is 23.7 Å². The average Bonchev–Trinajstić information content (AvgIpc) is 3.25. The SMILES string of the molecule is CCOc1cc2c(cc1[C@H](C)c1ccc(OCc3ccccc3)c(OC)c1)OCO2. The summed E-state index contributed by atoms with van der Waals surface area (Å²) in [5.74, 6) is 3.75. The molecule has 0 saturated carbocycles. The highest BCUT2D eigenvalue weighted by Crippen LogP contribution is 2.43. The molecule has 0 bridgehead atoms. The minimum Gasteiger partial charge on any atom is -0.493 e. The molecular weight excluding hydrogens is 380 g/mol. The Morgan fingerprint density at radius 1 is 0.867 bits per heavy atom. The molecule has 1 atom stereocenters. The number of hydrogen-bond acceptors (Lipinski definition) is 5. The third-order valence-corrected chi connectivity index (χ3v) is 5.20. The summed E-state index contributed by atoms with van der Waals surface area (Å²) in [6.07, 6.45) is 0. The van der Waals surface area contributed by atoms with Gasteiger partial charge in [0, 0.05) is 17.5 Å². The van der Waals surface area contributed by atoms with Gasteiger partial charge >= 0.3 is 0 Å². The Hall–Kier alpha value is -3.34. The molecule has 0 radical (unpaired) electrons. The van der Waals surface area contributed by atoms with E-state index in [9.17, 15) is 0 Å². The molecule has 0 aliphatic carbocycles. The van der Waals surface area contributed by atoms with Crippen molar-refractivity contribution in [1.29, 1.82) is 0 Å². The second-order valence-electron chi connectivity index (χ2n) is 7.08. The maximum Gasteiger partial charge on any atom is 0.231 e. The van der Waals surface area contributed by atoms with Crippen molar-refractivity contribution >= 4 is 0 Å². The number of hydrogen-bond donors (Lipinski definition) is 0. The zero-order chi connectivity index (χ0) is 20.9. The fourth-order valence-corrected chi connectivity index (χ4v) is 3.55. The van der Waals surface area contributed by atoms with Crippen molar-refractivity contribution in [2.75, 3.05) is 20.5 Å². The lowest BCUT2D eigenvalue weighted by Crippen LogP contribution is -2.03. The molecule has 0 saturated heterocycles. The highest BCUT2D eigenvalue weighted by atomic mass is 16.7. The maximum absolute atomic E-state index is 5.99. The standard InChI is InChI=1S/C25H26O5/c1-4-27-22-14-25-24(29-16-30-25)13-20(22)17(2)19-10-11-21(23(12-19)26-3)28-15-18-8-6-5-7-9-18/h5-14,17H,4,15-16H2,1-3H3/t17-/m1/s1. The van der Waals surface area contributed by atoms with Gasteiger partial charge in [-0.05, 0) is 36.2 Å². The molecule has 0 amide bonds. The van der Waals surface area contributed by atoms with Gasteiger partial charge < -0.3 is 23.7 Å². The molecule has 3 aromatic carbocycles. The maximum atomic E-state index is 5.99. The van der Waals surface area contributed by atoms with Crippen LogP contribution in [0.2, 0.25) is 0 Å². The molecular formula is C25H26O5. The van der Waals surface area contributed by atoms with Crippen molar-refractivity contribution < 1.29 is 23.7 Å². The van der Waals surface area contributed by atoms with E-state index in [0.717, 1.165) is 33.9 Å². The first kappa shape index (κ1) is 20.0. The summed E-state index contributed by atoms with van der Waals surface area (Å²) in [4.78, 5) is 0. The molecule has 1 aliphatic rings. The number of fused-ring (bicyclic) bond motifs is 1. The van der Waals surface area contributed by atoms with Gasteiger partial charge in [0.1, 0.15) is 12.4 Å². The molecule has 5 nitrogen and oxygen atoms in total. The van der Waals surface area contributed by atoms with E-state index in [0.29, 0.717) is 24.7 Å². The monoisotopic (exact) mass is 406 g/mol. The molecule has 0 spiro atoms. The van der Waals surface area contributed by atoms with E-state index in [1.807, 2.05) is 61.5 Å². The summed E-state index contributed by atoms with van der Waals surface area (Å²) in [5.41, 5.74) is 3.25. The fourth-order valence-electron chi connectivity index (χ4n) is 3.55. The molecule has 1 heterocycles. The van der Waals surface area contributed by atoms with E-state index in [1.54, 1.807) is 7.11 Å². The number of ether oxygens (including phenoxy) is 5. The third kappa shape index (κ3) is 4.15. The Labute approximate surface area is 177 Å². The van der Waals surface area contributed by atoms with Crippen molar-refractivity contribution in [2.24, 2.45) is 0 Å². The zero-order valence-electron chi connectivity index (χ0n) is 17.5. The van der Waals surface area contributed by atoms with Crippen molar-refractivity contribution in [1.82, 2.24) is 0 Å². The summed E-state index contributed by atoms with van der Waals surface area (Å²) in [7, 11) is 1.66. The van der Waals surface area contributed by atoms with Gasteiger partial charge in [0.25, 0.3) is 0 Å². The van der Waals surface area contributed by atoms with E-state index in [1.165, 1.54) is 0 Å². The van der Waals surface area contributed by atoms with Crippen molar-refractivity contribution in [2.45, 2.75) is 26.4 Å². The van der Waals surface area contributed by atoms with Crippen LogP contribution in [-0.2, 0) is 6.61 Å². The highest BCUT2D eigenvalue weighted by Gasteiger charge is 2.22. The Balaban J connectivity index is 1.59. The predicted octanol–water partition coefficient (Wildman–Crippen LogP) is 5.55. The fraction of sp³-hybridized carbons (Fsp3) is 0.280. The highest BCUT2D eigenvalue weighted by molar-refractivity contribution is 5.55. The Kier molecular flexibility index (Phi) is 5.98. The van der Waals surface area contributed by atoms with E-state index in [2.05, 4.69) is 13.0 Å². The van der Waals surface area contributed by atoms with Crippen molar-refractivity contribution in [3.8, 4) is 28.7 Å². The van der Waals surface area contributed by atoms with Crippen LogP contribution in [0.3, 0.4) is 0 Å². The van der Waals surface area contributed by atoms with Crippen LogP contribution in [-0.4, -0.2) is 20.5 Å². The molecule has 0 unspecified atom stereocenters. The van der Waals surface area contributed by atoms with Gasteiger partial charge in [-0.15, -0.1) is 0 Å². The molecule has 156 valence electrons. The van der Waals surface area contributed by atoms with Crippen LogP contribution in [0.1, 0.15) is 36.5 Å². The summed E-state index contributed by atoms with van der Waals surface area (Å²) >= 11 is 0. The second kappa shape index (κ2) is 8.99. The van der Waals surface area contributed by atoms with Crippen LogP contribution in [0.4, 0.5) is 0 Å². The van der Waals surface area contributed by atoms with Gasteiger partial charge in [-0.1, -0.05) is 43.3 Å². The smallest absolute Gasteiger partial charge is 0.231 e. The summed E-state index contributed by atoms with van der Waals surface area (Å²) in [5, 5.41) is 0. The van der Waals surface area contributed by atoms with E-state index in [-0.39, 0.29) is 12.7 Å². The average molecular weight is 406 g/mol. The minimum absolute atomic E-state index is 0.0677. The molecule has 0 N–H and O–H groups in total. The largest absolute Gasteiger partial charge is 0.493 e. The zero-order valence-corrected chi connectivity index (χ0v) is 17.5. The van der Waals surface area contributed by atoms with Gasteiger partial charge in [0.15, 0.2) is 23.0 Å². The third-order valence-electron chi connectivity index (χ3n) is 5.20. The minimum atomic E-state index is 0.0677. The van der Waals surface area contributed by atoms with Crippen LogP contribution in [0, 0.1) is 0 Å². The number of rotatable bonds is 8. The van der Waals surface area contributed by atoms with E-state index < -0.39 is 0 Å². The first-order valence-corrected chi connectivity index (χ1v) is 10.1. The second-order valence-corrected chi connectivity index (χ2v) is 7.08. The van der Waals surface area contributed by atoms with Crippen LogP contribution >= 0.6 is 0 Å². The van der Waals surface area contributed by atoms with Crippen LogP contribution in [0.5, 0.6) is 28.7 Å². The Morgan fingerprint density at radius 3 is 2.37 bits per heavy atom. The Bertz CT molecular complexity index is 1000. The lowest BCUT2D eigenvalue weighted by molar-refractivity contribution is 0.173. The van der Waals surface area contributed by atoms with Gasteiger partial charge in [-0.25, -0.2) is 0 Å². The lowest BCUT2D eigenvalue weighted by Gasteiger charge is -2.19. The van der Waals surface area contributed by atoms with Crippen LogP contribution in [0.25, 0.3) is 0 Å². The molecule has 4 rings (SSSR count). The molecule has 3 aromatic rings. The van der Waals surface area contributed by atoms with Crippen molar-refractivity contribution in [3.05, 3.63) is 77.4 Å². The summed E-state index contributed by atoms with van der Waals surface area (Å²) < 4.78 is 28.6. The van der Waals surface area contributed by atoms with E-state index >= 15 is 0 Å². The van der Waals surface area contributed by atoms with Crippen molar-refractivity contribution in [3.63, 3.8) is 0 Å². The van der Waals surface area contributed by atoms with Gasteiger partial charge in [-0.3, -0.25) is 0 Å². The topological polar surface area (TPSA) is 46.2 Å². The van der Waals surface area contributed by atoms with Gasteiger partial charge in [0.2, 0.25) is 6.79 Å². The van der Waals surface area contributed by atoms with Gasteiger partial charge in [-0.2, -0.15) is 0 Å². The molecule has 0 aromatic heterocycles. The molecule has 5 heteroatoms.